The molecular formula is C8H13F3N2OS. The van der Waals surface area contributed by atoms with Crippen LogP contribution in [0.2, 0.25) is 0 Å². The van der Waals surface area contributed by atoms with Crippen LogP contribution >= 0.6 is 12.6 Å². The van der Waals surface area contributed by atoms with Gasteiger partial charge >= 0.3 is 6.18 Å². The second-order valence-electron chi connectivity index (χ2n) is 3.43. The van der Waals surface area contributed by atoms with Crippen LogP contribution in [-0.2, 0) is 4.79 Å². The molecule has 1 aliphatic rings. The Balaban J connectivity index is 2.33. The first-order valence-corrected chi connectivity index (χ1v) is 5.23. The summed E-state index contributed by atoms with van der Waals surface area (Å²) in [4.78, 5) is 14.0. The van der Waals surface area contributed by atoms with Crippen molar-refractivity contribution >= 4 is 18.5 Å². The number of rotatable bonds is 2. The first-order valence-electron chi connectivity index (χ1n) is 4.60. The Bertz CT molecular complexity index is 226. The molecule has 0 aliphatic carbocycles. The molecule has 0 spiro atoms. The quantitative estimate of drug-likeness (QED) is 0.718. The van der Waals surface area contributed by atoms with E-state index in [0.29, 0.717) is 13.1 Å². The number of halogens is 3. The Morgan fingerprint density at radius 3 is 2.13 bits per heavy atom. The SMILES string of the molecule is O=C(CS)N1CCN(CC(F)(F)F)CC1. The van der Waals surface area contributed by atoms with Gasteiger partial charge < -0.3 is 4.90 Å². The average Bonchev–Trinajstić information content (AvgIpc) is 2.15. The number of thiol groups is 1. The van der Waals surface area contributed by atoms with Gasteiger partial charge in [-0.2, -0.15) is 25.8 Å². The Morgan fingerprint density at radius 2 is 1.73 bits per heavy atom. The molecular weight excluding hydrogens is 229 g/mol. The molecule has 1 amide bonds. The number of amides is 1. The average molecular weight is 242 g/mol. The molecule has 1 aliphatic heterocycles. The smallest absolute Gasteiger partial charge is 0.339 e. The molecule has 0 bridgehead atoms. The van der Waals surface area contributed by atoms with Gasteiger partial charge in [0.2, 0.25) is 5.91 Å². The van der Waals surface area contributed by atoms with E-state index in [4.69, 9.17) is 0 Å². The zero-order chi connectivity index (χ0) is 11.5. The van der Waals surface area contributed by atoms with Crippen LogP contribution in [0.4, 0.5) is 13.2 Å². The topological polar surface area (TPSA) is 23.6 Å². The zero-order valence-corrected chi connectivity index (χ0v) is 9.02. The molecule has 15 heavy (non-hydrogen) atoms. The van der Waals surface area contributed by atoms with E-state index >= 15 is 0 Å². The molecule has 0 aromatic rings. The van der Waals surface area contributed by atoms with Gasteiger partial charge in [0, 0.05) is 26.2 Å². The van der Waals surface area contributed by atoms with E-state index < -0.39 is 12.7 Å². The number of carbonyl (C=O) groups excluding carboxylic acids is 1. The van der Waals surface area contributed by atoms with Crippen LogP contribution in [0, 0.1) is 0 Å². The van der Waals surface area contributed by atoms with Crippen molar-refractivity contribution in [2.75, 3.05) is 38.5 Å². The van der Waals surface area contributed by atoms with Crippen molar-refractivity contribution in [1.82, 2.24) is 9.80 Å². The maximum Gasteiger partial charge on any atom is 0.401 e. The monoisotopic (exact) mass is 242 g/mol. The standard InChI is InChI=1S/C8H13F3N2OS/c9-8(10,11)6-12-1-3-13(4-2-12)7(14)5-15/h15H,1-6H2. The second kappa shape index (κ2) is 5.07. The molecule has 0 aromatic heterocycles. The summed E-state index contributed by atoms with van der Waals surface area (Å²) in [7, 11) is 0. The Labute approximate surface area is 91.6 Å². The van der Waals surface area contributed by atoms with Gasteiger partial charge in [0.25, 0.3) is 0 Å². The molecule has 3 nitrogen and oxygen atoms in total. The van der Waals surface area contributed by atoms with E-state index in [-0.39, 0.29) is 24.7 Å². The third kappa shape index (κ3) is 4.29. The van der Waals surface area contributed by atoms with Crippen molar-refractivity contribution in [1.29, 1.82) is 0 Å². The van der Waals surface area contributed by atoms with Gasteiger partial charge in [-0.05, 0) is 0 Å². The fourth-order valence-electron chi connectivity index (χ4n) is 1.51. The van der Waals surface area contributed by atoms with Gasteiger partial charge in [0.15, 0.2) is 0 Å². The predicted molar refractivity (Wildman–Crippen MR) is 52.9 cm³/mol. The largest absolute Gasteiger partial charge is 0.401 e. The molecule has 0 saturated carbocycles. The molecule has 0 aromatic carbocycles. The van der Waals surface area contributed by atoms with Crippen LogP contribution in [0.1, 0.15) is 0 Å². The molecule has 1 saturated heterocycles. The lowest BCUT2D eigenvalue weighted by Gasteiger charge is -2.34. The maximum atomic E-state index is 12.0. The first kappa shape index (κ1) is 12.6. The van der Waals surface area contributed by atoms with E-state index in [9.17, 15) is 18.0 Å². The summed E-state index contributed by atoms with van der Waals surface area (Å²) in [6.45, 7) is 0.374. The lowest BCUT2D eigenvalue weighted by atomic mass is 10.3. The molecule has 88 valence electrons. The summed E-state index contributed by atoms with van der Waals surface area (Å²) in [5, 5.41) is 0. The predicted octanol–water partition coefficient (Wildman–Crippen LogP) is 0.623. The number of carbonyl (C=O) groups is 1. The summed E-state index contributed by atoms with van der Waals surface area (Å²) in [6.07, 6.45) is -4.16. The van der Waals surface area contributed by atoms with Crippen molar-refractivity contribution in [3.8, 4) is 0 Å². The van der Waals surface area contributed by atoms with E-state index in [0.717, 1.165) is 0 Å². The summed E-state index contributed by atoms with van der Waals surface area (Å²) >= 11 is 3.83. The second-order valence-corrected chi connectivity index (χ2v) is 3.75. The van der Waals surface area contributed by atoms with Gasteiger partial charge in [-0.15, -0.1) is 0 Å². The molecule has 1 heterocycles. The normalized spacial score (nSPS) is 19.3. The van der Waals surface area contributed by atoms with E-state index in [2.05, 4.69) is 12.6 Å². The Morgan fingerprint density at radius 1 is 1.20 bits per heavy atom. The van der Waals surface area contributed by atoms with Gasteiger partial charge in [-0.1, -0.05) is 0 Å². The van der Waals surface area contributed by atoms with Crippen LogP contribution in [-0.4, -0.2) is 60.4 Å². The molecule has 0 N–H and O–H groups in total. The number of hydrogen-bond donors (Lipinski definition) is 1. The lowest BCUT2D eigenvalue weighted by Crippen LogP contribution is -2.51. The van der Waals surface area contributed by atoms with Gasteiger partial charge in [0.05, 0.1) is 12.3 Å². The molecule has 0 unspecified atom stereocenters. The highest BCUT2D eigenvalue weighted by Gasteiger charge is 2.32. The van der Waals surface area contributed by atoms with Gasteiger partial charge in [-0.25, -0.2) is 0 Å². The fraction of sp³-hybridized carbons (Fsp3) is 0.875. The zero-order valence-electron chi connectivity index (χ0n) is 8.13. The first-order chi connectivity index (χ1) is 6.92. The molecule has 7 heteroatoms. The van der Waals surface area contributed by atoms with Gasteiger partial charge in [0.1, 0.15) is 0 Å². The molecule has 0 atom stereocenters. The van der Waals surface area contributed by atoms with Crippen LogP contribution in [0.3, 0.4) is 0 Å². The van der Waals surface area contributed by atoms with Crippen molar-refractivity contribution < 1.29 is 18.0 Å². The highest BCUT2D eigenvalue weighted by molar-refractivity contribution is 7.81. The molecule has 1 rings (SSSR count). The fourth-order valence-corrected chi connectivity index (χ4v) is 1.71. The van der Waals surface area contributed by atoms with Crippen LogP contribution < -0.4 is 0 Å². The minimum absolute atomic E-state index is 0.110. The minimum atomic E-state index is -4.16. The van der Waals surface area contributed by atoms with Crippen LogP contribution in [0.15, 0.2) is 0 Å². The molecule has 1 fully saturated rings. The van der Waals surface area contributed by atoms with E-state index in [1.807, 2.05) is 0 Å². The third-order valence-electron chi connectivity index (χ3n) is 2.26. The van der Waals surface area contributed by atoms with Crippen LogP contribution in [0.25, 0.3) is 0 Å². The Kier molecular flexibility index (Phi) is 4.27. The lowest BCUT2D eigenvalue weighted by molar-refractivity contribution is -0.151. The number of nitrogens with zero attached hydrogens (tertiary/aromatic N) is 2. The van der Waals surface area contributed by atoms with Crippen molar-refractivity contribution in [2.24, 2.45) is 0 Å². The summed E-state index contributed by atoms with van der Waals surface area (Å²) in [6, 6.07) is 0. The summed E-state index contributed by atoms with van der Waals surface area (Å²) in [5.41, 5.74) is 0. The highest BCUT2D eigenvalue weighted by atomic mass is 32.1. The van der Waals surface area contributed by atoms with E-state index in [1.54, 1.807) is 4.90 Å². The third-order valence-corrected chi connectivity index (χ3v) is 2.53. The van der Waals surface area contributed by atoms with Crippen molar-refractivity contribution in [2.45, 2.75) is 6.18 Å². The van der Waals surface area contributed by atoms with Crippen molar-refractivity contribution in [3.63, 3.8) is 0 Å². The minimum Gasteiger partial charge on any atom is -0.339 e. The highest BCUT2D eigenvalue weighted by Crippen LogP contribution is 2.17. The number of hydrogen-bond acceptors (Lipinski definition) is 3. The number of alkyl halides is 3. The van der Waals surface area contributed by atoms with Crippen LogP contribution in [0.5, 0.6) is 0 Å². The van der Waals surface area contributed by atoms with Crippen molar-refractivity contribution in [3.05, 3.63) is 0 Å². The maximum absolute atomic E-state index is 12.0. The summed E-state index contributed by atoms with van der Waals surface area (Å²) in [5.74, 6) is -0.00999. The van der Waals surface area contributed by atoms with E-state index in [1.165, 1.54) is 4.90 Å². The Hall–Kier alpha value is -0.430. The number of piperazine rings is 1. The summed E-state index contributed by atoms with van der Waals surface area (Å²) < 4.78 is 36.1. The van der Waals surface area contributed by atoms with Gasteiger partial charge in [-0.3, -0.25) is 9.69 Å². The molecule has 0 radical (unpaired) electrons.